The van der Waals surface area contributed by atoms with Gasteiger partial charge in [0.2, 0.25) is 0 Å². The van der Waals surface area contributed by atoms with Crippen LogP contribution in [0.3, 0.4) is 0 Å². The van der Waals surface area contributed by atoms with Gasteiger partial charge in [-0.2, -0.15) is 0 Å². The number of nitrogens with zero attached hydrogens (tertiary/aromatic N) is 1. The number of rotatable bonds is 4. The first-order valence-corrected chi connectivity index (χ1v) is 6.19. The topological polar surface area (TPSA) is 40.5 Å². The Hall–Kier alpha value is -1.35. The Morgan fingerprint density at radius 3 is 2.71 bits per heavy atom. The lowest BCUT2D eigenvalue weighted by molar-refractivity contribution is -0.138. The summed E-state index contributed by atoms with van der Waals surface area (Å²) in [6.45, 7) is 4.09. The van der Waals surface area contributed by atoms with E-state index in [0.29, 0.717) is 0 Å². The highest BCUT2D eigenvalue weighted by Crippen LogP contribution is 2.28. The quantitative estimate of drug-likeness (QED) is 0.869. The molecule has 1 heterocycles. The Morgan fingerprint density at radius 2 is 2.12 bits per heavy atom. The van der Waals surface area contributed by atoms with Crippen LogP contribution in [0, 0.1) is 6.92 Å². The third-order valence-corrected chi connectivity index (χ3v) is 3.38. The van der Waals surface area contributed by atoms with E-state index < -0.39 is 5.97 Å². The molecule has 0 radical (unpaired) electrons. The summed E-state index contributed by atoms with van der Waals surface area (Å²) in [4.78, 5) is 13.3. The highest BCUT2D eigenvalue weighted by Gasteiger charge is 2.25. The number of aryl methyl sites for hydroxylation is 1. The summed E-state index contributed by atoms with van der Waals surface area (Å²) in [6.07, 6.45) is 2.56. The van der Waals surface area contributed by atoms with E-state index in [0.717, 1.165) is 18.7 Å². The number of carbonyl (C=O) groups is 1. The minimum absolute atomic E-state index is 0.0369. The molecular formula is C14H19NO2. The van der Waals surface area contributed by atoms with E-state index in [1.54, 1.807) is 0 Å². The zero-order valence-electron chi connectivity index (χ0n) is 10.2. The molecule has 1 aromatic carbocycles. The van der Waals surface area contributed by atoms with Crippen LogP contribution in [0.4, 0.5) is 0 Å². The third kappa shape index (κ3) is 3.07. The molecule has 92 valence electrons. The lowest BCUT2D eigenvalue weighted by Gasteiger charge is -2.26. The molecule has 1 aromatic rings. The average molecular weight is 233 g/mol. The highest BCUT2D eigenvalue weighted by molar-refractivity contribution is 5.68. The van der Waals surface area contributed by atoms with Crippen LogP contribution < -0.4 is 0 Å². The van der Waals surface area contributed by atoms with Gasteiger partial charge in [-0.1, -0.05) is 29.8 Å². The van der Waals surface area contributed by atoms with Gasteiger partial charge in [0.1, 0.15) is 0 Å². The zero-order valence-corrected chi connectivity index (χ0v) is 10.2. The summed E-state index contributed by atoms with van der Waals surface area (Å²) in [5.41, 5.74) is 2.33. The van der Waals surface area contributed by atoms with Gasteiger partial charge in [-0.25, -0.2) is 0 Å². The predicted molar refractivity (Wildman–Crippen MR) is 67.0 cm³/mol. The minimum Gasteiger partial charge on any atom is -0.481 e. The van der Waals surface area contributed by atoms with Crippen molar-refractivity contribution in [2.24, 2.45) is 0 Å². The van der Waals surface area contributed by atoms with Gasteiger partial charge in [-0.05, 0) is 38.4 Å². The lowest BCUT2D eigenvalue weighted by atomic mass is 10.0. The largest absolute Gasteiger partial charge is 0.481 e. The summed E-state index contributed by atoms with van der Waals surface area (Å²) in [5.74, 6) is -0.719. The number of hydrogen-bond acceptors (Lipinski definition) is 2. The molecule has 0 aliphatic carbocycles. The molecule has 0 amide bonds. The molecule has 0 saturated carbocycles. The van der Waals surface area contributed by atoms with Gasteiger partial charge in [0.15, 0.2) is 0 Å². The molecule has 0 bridgehead atoms. The molecule has 1 atom stereocenters. The van der Waals surface area contributed by atoms with E-state index in [2.05, 4.69) is 11.0 Å². The first kappa shape index (κ1) is 12.1. The van der Waals surface area contributed by atoms with Crippen LogP contribution in [-0.4, -0.2) is 29.1 Å². The number of hydrogen-bond donors (Lipinski definition) is 1. The van der Waals surface area contributed by atoms with E-state index >= 15 is 0 Å². The molecule has 1 aliphatic rings. The molecule has 0 aromatic heterocycles. The minimum atomic E-state index is -0.719. The third-order valence-electron chi connectivity index (χ3n) is 3.38. The van der Waals surface area contributed by atoms with Crippen LogP contribution in [0.2, 0.25) is 0 Å². The Balaban J connectivity index is 2.22. The molecule has 3 heteroatoms. The van der Waals surface area contributed by atoms with Crippen molar-refractivity contribution in [1.82, 2.24) is 4.90 Å². The van der Waals surface area contributed by atoms with E-state index in [9.17, 15) is 4.79 Å². The summed E-state index contributed by atoms with van der Waals surface area (Å²) in [5, 5.41) is 9.05. The van der Waals surface area contributed by atoms with Crippen molar-refractivity contribution in [1.29, 1.82) is 0 Å². The van der Waals surface area contributed by atoms with Crippen LogP contribution in [-0.2, 0) is 4.79 Å². The zero-order chi connectivity index (χ0) is 12.3. The average Bonchev–Trinajstić information content (AvgIpc) is 2.79. The molecule has 17 heavy (non-hydrogen) atoms. The number of carboxylic acids is 1. The molecule has 1 saturated heterocycles. The van der Waals surface area contributed by atoms with Crippen LogP contribution in [0.1, 0.15) is 36.4 Å². The van der Waals surface area contributed by atoms with E-state index in [-0.39, 0.29) is 12.5 Å². The molecule has 2 rings (SSSR count). The second-order valence-corrected chi connectivity index (χ2v) is 4.77. The van der Waals surface area contributed by atoms with Crippen molar-refractivity contribution in [2.75, 3.05) is 13.1 Å². The molecule has 1 N–H and O–H groups in total. The summed E-state index contributed by atoms with van der Waals surface area (Å²) >= 11 is 0. The van der Waals surface area contributed by atoms with Crippen LogP contribution >= 0.6 is 0 Å². The van der Waals surface area contributed by atoms with Gasteiger partial charge in [0.25, 0.3) is 0 Å². The van der Waals surface area contributed by atoms with Gasteiger partial charge >= 0.3 is 5.97 Å². The van der Waals surface area contributed by atoms with E-state index in [1.165, 1.54) is 18.4 Å². The number of carboxylic acid groups (broad SMARTS) is 1. The van der Waals surface area contributed by atoms with Crippen molar-refractivity contribution < 1.29 is 9.90 Å². The van der Waals surface area contributed by atoms with E-state index in [4.69, 9.17) is 5.11 Å². The number of aliphatic carboxylic acids is 1. The van der Waals surface area contributed by atoms with Crippen molar-refractivity contribution in [3.63, 3.8) is 0 Å². The summed E-state index contributed by atoms with van der Waals surface area (Å²) in [7, 11) is 0. The van der Waals surface area contributed by atoms with Gasteiger partial charge in [-0.15, -0.1) is 0 Å². The van der Waals surface area contributed by atoms with Crippen LogP contribution in [0.25, 0.3) is 0 Å². The SMILES string of the molecule is Cc1cccc(C(CC(=O)O)N2CCCC2)c1. The van der Waals surface area contributed by atoms with Crippen molar-refractivity contribution in [2.45, 2.75) is 32.2 Å². The molecule has 1 fully saturated rings. The lowest BCUT2D eigenvalue weighted by Crippen LogP contribution is -2.27. The fourth-order valence-corrected chi connectivity index (χ4v) is 2.55. The van der Waals surface area contributed by atoms with Gasteiger partial charge in [0.05, 0.1) is 6.42 Å². The second kappa shape index (κ2) is 5.32. The predicted octanol–water partition coefficient (Wildman–Crippen LogP) is 2.61. The van der Waals surface area contributed by atoms with Gasteiger partial charge in [0, 0.05) is 6.04 Å². The van der Waals surface area contributed by atoms with Crippen LogP contribution in [0.5, 0.6) is 0 Å². The van der Waals surface area contributed by atoms with E-state index in [1.807, 2.05) is 25.1 Å². The van der Waals surface area contributed by atoms with Gasteiger partial charge in [-0.3, -0.25) is 9.69 Å². The maximum absolute atomic E-state index is 11.0. The van der Waals surface area contributed by atoms with Gasteiger partial charge < -0.3 is 5.11 Å². The van der Waals surface area contributed by atoms with Crippen LogP contribution in [0.15, 0.2) is 24.3 Å². The number of benzene rings is 1. The first-order valence-electron chi connectivity index (χ1n) is 6.19. The fraction of sp³-hybridized carbons (Fsp3) is 0.500. The maximum atomic E-state index is 11.0. The highest BCUT2D eigenvalue weighted by atomic mass is 16.4. The normalized spacial score (nSPS) is 18.2. The number of likely N-dealkylation sites (tertiary alicyclic amines) is 1. The molecular weight excluding hydrogens is 214 g/mol. The summed E-state index contributed by atoms with van der Waals surface area (Å²) < 4.78 is 0. The molecule has 1 unspecified atom stereocenters. The smallest absolute Gasteiger partial charge is 0.305 e. The molecule has 1 aliphatic heterocycles. The monoisotopic (exact) mass is 233 g/mol. The van der Waals surface area contributed by atoms with Crippen molar-refractivity contribution in [3.05, 3.63) is 35.4 Å². The Bertz CT molecular complexity index is 397. The Kier molecular flexibility index (Phi) is 3.79. The first-order chi connectivity index (χ1) is 8.16. The van der Waals surface area contributed by atoms with Crippen molar-refractivity contribution >= 4 is 5.97 Å². The fourth-order valence-electron chi connectivity index (χ4n) is 2.55. The standard InChI is InChI=1S/C14H19NO2/c1-11-5-4-6-12(9-11)13(10-14(16)17)15-7-2-3-8-15/h4-6,9,13H,2-3,7-8,10H2,1H3,(H,16,17). The summed E-state index contributed by atoms with van der Waals surface area (Å²) in [6, 6.07) is 8.24. The second-order valence-electron chi connectivity index (χ2n) is 4.77. The maximum Gasteiger partial charge on any atom is 0.305 e. The molecule has 0 spiro atoms. The molecule has 3 nitrogen and oxygen atoms in total. The Morgan fingerprint density at radius 1 is 1.41 bits per heavy atom. The van der Waals surface area contributed by atoms with Crippen molar-refractivity contribution in [3.8, 4) is 0 Å². The Labute approximate surface area is 102 Å².